The number of amides is 1. The number of aromatic nitrogens is 3. The molecule has 1 amide bonds. The van der Waals surface area contributed by atoms with E-state index >= 15 is 0 Å². The third kappa shape index (κ3) is 2.76. The van der Waals surface area contributed by atoms with Gasteiger partial charge in [-0.05, 0) is 28.4 Å². The topological polar surface area (TPSA) is 62.7 Å². The quantitative estimate of drug-likeness (QED) is 0.911. The van der Waals surface area contributed by atoms with Crippen LogP contribution < -0.4 is 5.32 Å². The lowest BCUT2D eigenvalue weighted by Crippen LogP contribution is -2.17. The van der Waals surface area contributed by atoms with Crippen molar-refractivity contribution in [2.24, 2.45) is 0 Å². The number of hydrogen-bond donors (Lipinski definition) is 2. The highest BCUT2D eigenvalue weighted by Gasteiger charge is 2.13. The Hall–Kier alpha value is -1.56. The Bertz CT molecular complexity index is 504. The Kier molecular flexibility index (Phi) is 3.63. The van der Waals surface area contributed by atoms with Gasteiger partial charge in [0.1, 0.15) is 11.5 Å². The summed E-state index contributed by atoms with van der Waals surface area (Å²) in [4.78, 5) is 12.0. The van der Waals surface area contributed by atoms with E-state index in [0.29, 0.717) is 11.5 Å². The molecule has 6 heteroatoms. The van der Waals surface area contributed by atoms with Crippen LogP contribution in [0.15, 0.2) is 29.0 Å². The van der Waals surface area contributed by atoms with Crippen molar-refractivity contribution in [3.05, 3.63) is 34.7 Å². The summed E-state index contributed by atoms with van der Waals surface area (Å²) in [6, 6.07) is 3.52. The fraction of sp³-hybridized carbons (Fsp3) is 0.273. The van der Waals surface area contributed by atoms with Crippen LogP contribution >= 0.6 is 15.9 Å². The molecule has 0 aliphatic heterocycles. The molecule has 0 aromatic carbocycles. The van der Waals surface area contributed by atoms with Crippen molar-refractivity contribution in [3.8, 4) is 0 Å². The monoisotopic (exact) mass is 296 g/mol. The summed E-state index contributed by atoms with van der Waals surface area (Å²) in [5.41, 5.74) is 0.633. The van der Waals surface area contributed by atoms with Gasteiger partial charge in [0, 0.05) is 23.3 Å². The van der Waals surface area contributed by atoms with E-state index in [1.54, 1.807) is 18.3 Å². The zero-order valence-electron chi connectivity index (χ0n) is 9.40. The Morgan fingerprint density at radius 1 is 1.65 bits per heavy atom. The van der Waals surface area contributed by atoms with E-state index in [1.807, 2.05) is 10.8 Å². The summed E-state index contributed by atoms with van der Waals surface area (Å²) in [6.07, 6.45) is 4.48. The summed E-state index contributed by atoms with van der Waals surface area (Å²) in [7, 11) is 0. The predicted octanol–water partition coefficient (Wildman–Crippen LogP) is 2.64. The van der Waals surface area contributed by atoms with Crippen molar-refractivity contribution in [2.45, 2.75) is 19.9 Å². The number of halogens is 1. The zero-order valence-corrected chi connectivity index (χ0v) is 11.0. The van der Waals surface area contributed by atoms with E-state index in [0.717, 1.165) is 17.4 Å². The first kappa shape index (κ1) is 11.9. The predicted molar refractivity (Wildman–Crippen MR) is 69.0 cm³/mol. The van der Waals surface area contributed by atoms with Gasteiger partial charge in [-0.2, -0.15) is 5.10 Å². The highest BCUT2D eigenvalue weighted by Crippen LogP contribution is 2.16. The van der Waals surface area contributed by atoms with Crippen molar-refractivity contribution in [1.82, 2.24) is 14.8 Å². The van der Waals surface area contributed by atoms with Crippen LogP contribution in [-0.2, 0) is 6.54 Å². The molecule has 2 aromatic heterocycles. The molecule has 0 bridgehead atoms. The van der Waals surface area contributed by atoms with Gasteiger partial charge in [-0.1, -0.05) is 6.92 Å². The van der Waals surface area contributed by atoms with Crippen LogP contribution in [0.1, 0.15) is 23.8 Å². The summed E-state index contributed by atoms with van der Waals surface area (Å²) in [6.45, 7) is 2.89. The number of carbonyl (C=O) groups excluding carboxylic acids is 1. The largest absolute Gasteiger partial charge is 0.342 e. The fourth-order valence-electron chi connectivity index (χ4n) is 1.60. The van der Waals surface area contributed by atoms with E-state index in [2.05, 4.69) is 38.4 Å². The van der Waals surface area contributed by atoms with Gasteiger partial charge in [-0.15, -0.1) is 0 Å². The maximum absolute atomic E-state index is 12.0. The maximum atomic E-state index is 12.0. The molecular weight excluding hydrogens is 284 g/mol. The second-order valence-corrected chi connectivity index (χ2v) is 4.58. The van der Waals surface area contributed by atoms with E-state index in [-0.39, 0.29) is 5.91 Å². The smallest absolute Gasteiger partial charge is 0.273 e. The Morgan fingerprint density at radius 3 is 3.12 bits per heavy atom. The number of aryl methyl sites for hydroxylation is 1. The van der Waals surface area contributed by atoms with Crippen molar-refractivity contribution >= 4 is 27.7 Å². The van der Waals surface area contributed by atoms with Crippen LogP contribution in [0.5, 0.6) is 0 Å². The lowest BCUT2D eigenvalue weighted by atomic mass is 10.3. The third-order valence-electron chi connectivity index (χ3n) is 2.31. The molecule has 0 aliphatic rings. The molecule has 0 atom stereocenters. The van der Waals surface area contributed by atoms with Crippen LogP contribution in [0.2, 0.25) is 0 Å². The third-order valence-corrected chi connectivity index (χ3v) is 2.74. The van der Waals surface area contributed by atoms with E-state index < -0.39 is 0 Å². The minimum atomic E-state index is -0.145. The van der Waals surface area contributed by atoms with Crippen LogP contribution in [0.25, 0.3) is 0 Å². The van der Waals surface area contributed by atoms with E-state index in [9.17, 15) is 4.79 Å². The van der Waals surface area contributed by atoms with Gasteiger partial charge in [-0.25, -0.2) is 0 Å². The minimum Gasteiger partial charge on any atom is -0.342 e. The Labute approximate surface area is 107 Å². The highest BCUT2D eigenvalue weighted by atomic mass is 79.9. The summed E-state index contributed by atoms with van der Waals surface area (Å²) in [5.74, 6) is 0.448. The summed E-state index contributed by atoms with van der Waals surface area (Å²) in [5, 5.41) is 9.22. The molecule has 0 spiro atoms. The number of carbonyl (C=O) groups is 1. The van der Waals surface area contributed by atoms with Gasteiger partial charge in [0.25, 0.3) is 5.91 Å². The maximum Gasteiger partial charge on any atom is 0.273 e. The summed E-state index contributed by atoms with van der Waals surface area (Å²) >= 11 is 3.38. The second-order valence-electron chi connectivity index (χ2n) is 3.66. The molecule has 17 heavy (non-hydrogen) atoms. The van der Waals surface area contributed by atoms with Crippen LogP contribution in [0.4, 0.5) is 5.82 Å². The molecule has 0 unspecified atom stereocenters. The van der Waals surface area contributed by atoms with Crippen LogP contribution in [0.3, 0.4) is 0 Å². The van der Waals surface area contributed by atoms with Crippen molar-refractivity contribution in [1.29, 1.82) is 0 Å². The fourth-order valence-corrected chi connectivity index (χ4v) is 2.07. The first-order valence-electron chi connectivity index (χ1n) is 5.37. The number of anilines is 1. The van der Waals surface area contributed by atoms with E-state index in [4.69, 9.17) is 0 Å². The van der Waals surface area contributed by atoms with Gasteiger partial charge in [0.05, 0.1) is 6.20 Å². The molecule has 2 N–H and O–H groups in total. The van der Waals surface area contributed by atoms with E-state index in [1.165, 1.54) is 0 Å². The lowest BCUT2D eigenvalue weighted by molar-refractivity contribution is 0.101. The van der Waals surface area contributed by atoms with Crippen molar-refractivity contribution in [2.75, 3.05) is 5.32 Å². The van der Waals surface area contributed by atoms with Crippen LogP contribution in [0, 0.1) is 0 Å². The van der Waals surface area contributed by atoms with Crippen molar-refractivity contribution < 1.29 is 4.79 Å². The second kappa shape index (κ2) is 5.18. The molecule has 90 valence electrons. The number of rotatable bonds is 4. The molecule has 2 rings (SSSR count). The molecule has 0 aliphatic carbocycles. The number of nitrogens with one attached hydrogen (secondary N) is 2. The standard InChI is InChI=1S/C11H13BrN4O/c1-2-5-16-7-8(12)6-9(16)11(17)14-10-3-4-13-15-10/h3-4,6-7H,2,5H2,1H3,(H2,13,14,15,17). The Balaban J connectivity index is 2.18. The normalized spacial score (nSPS) is 10.5. The van der Waals surface area contributed by atoms with Gasteiger partial charge < -0.3 is 9.88 Å². The first-order valence-corrected chi connectivity index (χ1v) is 6.16. The number of hydrogen-bond acceptors (Lipinski definition) is 2. The van der Waals surface area contributed by atoms with Gasteiger partial charge in [0.15, 0.2) is 0 Å². The van der Waals surface area contributed by atoms with Gasteiger partial charge in [-0.3, -0.25) is 9.89 Å². The molecule has 0 saturated heterocycles. The molecular formula is C11H13BrN4O. The molecule has 0 fully saturated rings. The molecule has 0 radical (unpaired) electrons. The molecule has 2 heterocycles. The minimum absolute atomic E-state index is 0.145. The zero-order chi connectivity index (χ0) is 12.3. The summed E-state index contributed by atoms with van der Waals surface area (Å²) < 4.78 is 2.83. The number of aromatic amines is 1. The van der Waals surface area contributed by atoms with Crippen LogP contribution in [-0.4, -0.2) is 20.7 Å². The Morgan fingerprint density at radius 2 is 2.47 bits per heavy atom. The molecule has 2 aromatic rings. The molecule has 0 saturated carbocycles. The first-order chi connectivity index (χ1) is 8.20. The van der Waals surface area contributed by atoms with Gasteiger partial charge >= 0.3 is 0 Å². The van der Waals surface area contributed by atoms with Crippen molar-refractivity contribution in [3.63, 3.8) is 0 Å². The average Bonchev–Trinajstić information content (AvgIpc) is 2.88. The number of H-pyrrole nitrogens is 1. The number of nitrogens with zero attached hydrogens (tertiary/aromatic N) is 2. The van der Waals surface area contributed by atoms with Gasteiger partial charge in [0.2, 0.25) is 0 Å². The SMILES string of the molecule is CCCn1cc(Br)cc1C(=O)Nc1ccn[nH]1. The average molecular weight is 297 g/mol. The highest BCUT2D eigenvalue weighted by molar-refractivity contribution is 9.10. The molecule has 5 nitrogen and oxygen atoms in total. The lowest BCUT2D eigenvalue weighted by Gasteiger charge is -2.07.